The fraction of sp³-hybridized carbons (Fsp3) is 0.467. The summed E-state index contributed by atoms with van der Waals surface area (Å²) < 4.78 is 0. The van der Waals surface area contributed by atoms with E-state index < -0.39 is 17.6 Å². The van der Waals surface area contributed by atoms with Gasteiger partial charge in [-0.3, -0.25) is 9.69 Å². The molecule has 2 N–H and O–H groups in total. The largest absolute Gasteiger partial charge is 0.480 e. The molecule has 0 fully saturated rings. The number of nitrogens with one attached hydrogen (secondary N) is 1. The van der Waals surface area contributed by atoms with Gasteiger partial charge in [-0.05, 0) is 57.9 Å². The van der Waals surface area contributed by atoms with Crippen molar-refractivity contribution in [2.75, 3.05) is 10.2 Å². The van der Waals surface area contributed by atoms with Crippen molar-refractivity contribution in [2.45, 2.75) is 46.2 Å². The first-order chi connectivity index (χ1) is 9.16. The number of amides is 1. The second-order valence-corrected chi connectivity index (χ2v) is 5.86. The Morgan fingerprint density at radius 3 is 2.40 bits per heavy atom. The Balaban J connectivity index is 2.66. The summed E-state index contributed by atoms with van der Waals surface area (Å²) >= 11 is 0. The van der Waals surface area contributed by atoms with Gasteiger partial charge in [-0.2, -0.15) is 0 Å². The second-order valence-electron chi connectivity index (χ2n) is 5.86. The predicted octanol–water partition coefficient (Wildman–Crippen LogP) is 2.31. The first-order valence-electron chi connectivity index (χ1n) is 6.61. The quantitative estimate of drug-likeness (QED) is 0.869. The zero-order chi connectivity index (χ0) is 15.2. The highest BCUT2D eigenvalue weighted by molar-refractivity contribution is 6.09. The average molecular weight is 276 g/mol. The molecule has 0 bridgehead atoms. The second kappa shape index (κ2) is 4.51. The molecule has 5 heteroatoms. The fourth-order valence-electron chi connectivity index (χ4n) is 2.38. The van der Waals surface area contributed by atoms with Gasteiger partial charge >= 0.3 is 5.97 Å². The first-order valence-corrected chi connectivity index (χ1v) is 6.61. The molecular formula is C15H20N2O3. The van der Waals surface area contributed by atoms with E-state index in [2.05, 4.69) is 5.32 Å². The van der Waals surface area contributed by atoms with Gasteiger partial charge < -0.3 is 10.4 Å². The molecule has 1 aromatic carbocycles. The number of carboxylic acid groups (broad SMARTS) is 1. The van der Waals surface area contributed by atoms with Crippen molar-refractivity contribution < 1.29 is 14.7 Å². The number of rotatable bonds is 2. The lowest BCUT2D eigenvalue weighted by Crippen LogP contribution is -2.59. The molecule has 108 valence electrons. The van der Waals surface area contributed by atoms with E-state index in [1.807, 2.05) is 26.0 Å². The number of anilines is 2. The molecule has 1 atom stereocenters. The Kier molecular flexibility index (Phi) is 3.24. The molecule has 5 nitrogen and oxygen atoms in total. The van der Waals surface area contributed by atoms with Crippen LogP contribution < -0.4 is 10.2 Å². The minimum Gasteiger partial charge on any atom is -0.480 e. The summed E-state index contributed by atoms with van der Waals surface area (Å²) in [6.45, 7) is 8.77. The Labute approximate surface area is 118 Å². The van der Waals surface area contributed by atoms with Gasteiger partial charge in [-0.15, -0.1) is 0 Å². The van der Waals surface area contributed by atoms with E-state index >= 15 is 0 Å². The molecule has 0 radical (unpaired) electrons. The number of nitrogens with zero attached hydrogens (tertiary/aromatic N) is 1. The van der Waals surface area contributed by atoms with E-state index in [0.29, 0.717) is 5.69 Å². The molecule has 1 amide bonds. The molecule has 0 saturated heterocycles. The maximum Gasteiger partial charge on any atom is 0.329 e. The lowest BCUT2D eigenvalue weighted by atomic mass is 9.96. The smallest absolute Gasteiger partial charge is 0.329 e. The molecule has 0 saturated carbocycles. The van der Waals surface area contributed by atoms with Gasteiger partial charge in [0.1, 0.15) is 11.6 Å². The molecular weight excluding hydrogens is 256 g/mol. The highest BCUT2D eigenvalue weighted by Gasteiger charge is 2.43. The van der Waals surface area contributed by atoms with Crippen LogP contribution in [0.4, 0.5) is 11.4 Å². The van der Waals surface area contributed by atoms with Crippen molar-refractivity contribution in [2.24, 2.45) is 0 Å². The van der Waals surface area contributed by atoms with Crippen LogP contribution in [0.25, 0.3) is 0 Å². The van der Waals surface area contributed by atoms with Gasteiger partial charge in [0.05, 0.1) is 11.4 Å². The highest BCUT2D eigenvalue weighted by atomic mass is 16.4. The molecule has 20 heavy (non-hydrogen) atoms. The normalized spacial score (nSPS) is 18.6. The Morgan fingerprint density at radius 2 is 1.85 bits per heavy atom. The number of benzene rings is 1. The summed E-state index contributed by atoms with van der Waals surface area (Å²) in [5.41, 5.74) is 2.27. The van der Waals surface area contributed by atoms with Crippen LogP contribution in [-0.2, 0) is 9.59 Å². The number of hydrogen-bond donors (Lipinski definition) is 2. The van der Waals surface area contributed by atoms with E-state index in [1.54, 1.807) is 20.8 Å². The van der Waals surface area contributed by atoms with Crippen molar-refractivity contribution in [1.82, 2.24) is 0 Å². The molecule has 0 spiro atoms. The van der Waals surface area contributed by atoms with Crippen LogP contribution in [0.3, 0.4) is 0 Å². The Hall–Kier alpha value is -2.04. The molecule has 2 rings (SSSR count). The van der Waals surface area contributed by atoms with Crippen LogP contribution in [-0.4, -0.2) is 28.6 Å². The topological polar surface area (TPSA) is 69.6 Å². The minimum absolute atomic E-state index is 0.229. The fourth-order valence-corrected chi connectivity index (χ4v) is 2.38. The lowest BCUT2D eigenvalue weighted by molar-refractivity contribution is -0.144. The number of carbonyl (C=O) groups is 2. The van der Waals surface area contributed by atoms with Gasteiger partial charge in [0.15, 0.2) is 0 Å². The summed E-state index contributed by atoms with van der Waals surface area (Å²) in [5, 5.41) is 12.6. The highest BCUT2D eigenvalue weighted by Crippen LogP contribution is 2.38. The van der Waals surface area contributed by atoms with E-state index in [1.165, 1.54) is 4.90 Å². The molecule has 1 aliphatic heterocycles. The molecule has 0 aromatic heterocycles. The number of hydrogen-bond acceptors (Lipinski definition) is 3. The summed E-state index contributed by atoms with van der Waals surface area (Å²) in [6.07, 6.45) is 0. The SMILES string of the molecule is Cc1cc2c(cc1C)N(C(C)(C)C(=O)O)C(=O)C(C)N2. The Bertz CT molecular complexity index is 593. The van der Waals surface area contributed by atoms with Crippen LogP contribution in [0, 0.1) is 13.8 Å². The molecule has 1 heterocycles. The maximum atomic E-state index is 12.4. The number of aryl methyl sites for hydroxylation is 2. The summed E-state index contributed by atoms with van der Waals surface area (Å²) in [7, 11) is 0. The Morgan fingerprint density at radius 1 is 1.30 bits per heavy atom. The van der Waals surface area contributed by atoms with E-state index in [0.717, 1.165) is 16.8 Å². The van der Waals surface area contributed by atoms with Crippen molar-refractivity contribution in [1.29, 1.82) is 0 Å². The van der Waals surface area contributed by atoms with Gasteiger partial charge in [0, 0.05) is 0 Å². The zero-order valence-electron chi connectivity index (χ0n) is 12.4. The summed E-state index contributed by atoms with van der Waals surface area (Å²) in [4.78, 5) is 25.3. The predicted molar refractivity (Wildman–Crippen MR) is 78.2 cm³/mol. The van der Waals surface area contributed by atoms with Gasteiger partial charge in [-0.25, -0.2) is 4.79 Å². The van der Waals surface area contributed by atoms with Gasteiger partial charge in [0.2, 0.25) is 5.91 Å². The molecule has 0 aliphatic carbocycles. The van der Waals surface area contributed by atoms with E-state index in [4.69, 9.17) is 0 Å². The molecule has 1 aromatic rings. The van der Waals surface area contributed by atoms with Crippen molar-refractivity contribution in [3.05, 3.63) is 23.3 Å². The van der Waals surface area contributed by atoms with E-state index in [-0.39, 0.29) is 5.91 Å². The van der Waals surface area contributed by atoms with Crippen molar-refractivity contribution in [3.8, 4) is 0 Å². The number of fused-ring (bicyclic) bond motifs is 1. The zero-order valence-corrected chi connectivity index (χ0v) is 12.4. The third-order valence-corrected chi connectivity index (χ3v) is 3.90. The van der Waals surface area contributed by atoms with Gasteiger partial charge in [-0.1, -0.05) is 0 Å². The van der Waals surface area contributed by atoms with E-state index in [9.17, 15) is 14.7 Å². The summed E-state index contributed by atoms with van der Waals surface area (Å²) in [6, 6.07) is 3.38. The van der Waals surface area contributed by atoms with Crippen LogP contribution in [0.1, 0.15) is 31.9 Å². The monoisotopic (exact) mass is 276 g/mol. The first kappa shape index (κ1) is 14.4. The average Bonchev–Trinajstić information content (AvgIpc) is 2.33. The number of aliphatic carboxylic acids is 1. The van der Waals surface area contributed by atoms with Crippen molar-refractivity contribution >= 4 is 23.3 Å². The molecule has 1 aliphatic rings. The number of carbonyl (C=O) groups excluding carboxylic acids is 1. The van der Waals surface area contributed by atoms with Crippen LogP contribution in [0.2, 0.25) is 0 Å². The third kappa shape index (κ3) is 2.03. The van der Waals surface area contributed by atoms with Gasteiger partial charge in [0.25, 0.3) is 0 Å². The lowest BCUT2D eigenvalue weighted by Gasteiger charge is -2.42. The van der Waals surface area contributed by atoms with Crippen LogP contribution >= 0.6 is 0 Å². The maximum absolute atomic E-state index is 12.4. The minimum atomic E-state index is -1.29. The number of carboxylic acids is 1. The standard InChI is InChI=1S/C15H20N2O3/c1-8-6-11-12(7-9(8)2)17(13(18)10(3)16-11)15(4,5)14(19)20/h6-7,10,16H,1-5H3,(H,19,20). The van der Waals surface area contributed by atoms with Crippen molar-refractivity contribution in [3.63, 3.8) is 0 Å². The van der Waals surface area contributed by atoms with Crippen LogP contribution in [0.15, 0.2) is 12.1 Å². The third-order valence-electron chi connectivity index (χ3n) is 3.90. The van der Waals surface area contributed by atoms with Crippen LogP contribution in [0.5, 0.6) is 0 Å². The summed E-state index contributed by atoms with van der Waals surface area (Å²) in [5.74, 6) is -1.25. The molecule has 1 unspecified atom stereocenters.